The molecule has 2 aromatic carbocycles. The predicted molar refractivity (Wildman–Crippen MR) is 101 cm³/mol. The van der Waals surface area contributed by atoms with Crippen molar-refractivity contribution >= 4 is 17.7 Å². The number of nitrogens with zero attached hydrogens (tertiary/aromatic N) is 3. The van der Waals surface area contributed by atoms with Gasteiger partial charge in [-0.1, -0.05) is 42.1 Å². The third-order valence-corrected chi connectivity index (χ3v) is 4.69. The molecule has 0 saturated heterocycles. The molecule has 0 unspecified atom stereocenters. The Kier molecular flexibility index (Phi) is 6.01. The molecule has 0 saturated carbocycles. The Morgan fingerprint density at radius 1 is 1.12 bits per heavy atom. The van der Waals surface area contributed by atoms with Gasteiger partial charge in [0.15, 0.2) is 11.0 Å². The van der Waals surface area contributed by atoms with E-state index in [9.17, 15) is 9.18 Å². The Morgan fingerprint density at radius 3 is 2.54 bits per heavy atom. The standard InChI is InChI=1S/C19H19FN4OS/c1-14(25)21-12-5-13-26-19-23-22-18(15-6-3-2-4-7-15)24(19)17-10-8-16(20)9-11-17/h2-4,6-11H,5,12-13H2,1H3,(H,21,25). The summed E-state index contributed by atoms with van der Waals surface area (Å²) in [7, 11) is 0. The van der Waals surface area contributed by atoms with Crippen molar-refractivity contribution in [1.82, 2.24) is 20.1 Å². The maximum Gasteiger partial charge on any atom is 0.216 e. The third kappa shape index (κ3) is 4.49. The Morgan fingerprint density at radius 2 is 1.85 bits per heavy atom. The minimum atomic E-state index is -0.285. The average Bonchev–Trinajstić information content (AvgIpc) is 3.06. The molecule has 26 heavy (non-hydrogen) atoms. The normalized spacial score (nSPS) is 10.7. The highest BCUT2D eigenvalue weighted by molar-refractivity contribution is 7.99. The number of thioether (sulfide) groups is 1. The van der Waals surface area contributed by atoms with E-state index in [2.05, 4.69) is 15.5 Å². The molecule has 3 rings (SSSR count). The molecular formula is C19H19FN4OS. The fourth-order valence-electron chi connectivity index (χ4n) is 2.46. The van der Waals surface area contributed by atoms with Gasteiger partial charge in [-0.25, -0.2) is 4.39 Å². The summed E-state index contributed by atoms with van der Waals surface area (Å²) in [6.07, 6.45) is 0.821. The Labute approximate surface area is 155 Å². The zero-order valence-corrected chi connectivity index (χ0v) is 15.2. The summed E-state index contributed by atoms with van der Waals surface area (Å²) >= 11 is 1.56. The molecule has 0 aliphatic heterocycles. The second-order valence-electron chi connectivity index (χ2n) is 5.67. The van der Waals surface area contributed by atoms with Crippen molar-refractivity contribution in [2.75, 3.05) is 12.3 Å². The van der Waals surface area contributed by atoms with Gasteiger partial charge in [0.25, 0.3) is 0 Å². The van der Waals surface area contributed by atoms with Crippen LogP contribution in [0.3, 0.4) is 0 Å². The van der Waals surface area contributed by atoms with E-state index < -0.39 is 0 Å². The first-order valence-corrected chi connectivity index (χ1v) is 9.28. The molecule has 1 amide bonds. The molecule has 0 fully saturated rings. The van der Waals surface area contributed by atoms with E-state index in [0.29, 0.717) is 12.4 Å². The van der Waals surface area contributed by atoms with Gasteiger partial charge in [-0.05, 0) is 30.7 Å². The summed E-state index contributed by atoms with van der Waals surface area (Å²) in [5.74, 6) is 1.18. The van der Waals surface area contributed by atoms with Crippen LogP contribution in [0.25, 0.3) is 17.1 Å². The largest absolute Gasteiger partial charge is 0.356 e. The molecule has 3 aromatic rings. The van der Waals surface area contributed by atoms with Crippen molar-refractivity contribution in [3.05, 3.63) is 60.4 Å². The number of nitrogens with one attached hydrogen (secondary N) is 1. The van der Waals surface area contributed by atoms with Crippen LogP contribution in [0.1, 0.15) is 13.3 Å². The van der Waals surface area contributed by atoms with E-state index in [-0.39, 0.29) is 11.7 Å². The average molecular weight is 370 g/mol. The van der Waals surface area contributed by atoms with Crippen molar-refractivity contribution in [2.24, 2.45) is 0 Å². The highest BCUT2D eigenvalue weighted by atomic mass is 32.2. The van der Waals surface area contributed by atoms with E-state index in [1.54, 1.807) is 23.9 Å². The zero-order valence-electron chi connectivity index (χ0n) is 14.4. The molecule has 0 bridgehead atoms. The van der Waals surface area contributed by atoms with Crippen LogP contribution in [-0.4, -0.2) is 33.0 Å². The summed E-state index contributed by atoms with van der Waals surface area (Å²) in [5.41, 5.74) is 1.74. The number of benzene rings is 2. The van der Waals surface area contributed by atoms with Crippen LogP contribution in [0, 0.1) is 5.82 Å². The number of rotatable bonds is 7. The number of aromatic nitrogens is 3. The molecule has 0 spiro atoms. The monoisotopic (exact) mass is 370 g/mol. The number of halogens is 1. The second kappa shape index (κ2) is 8.62. The number of carbonyl (C=O) groups excluding carboxylic acids is 1. The summed E-state index contributed by atoms with van der Waals surface area (Å²) in [5, 5.41) is 12.2. The number of hydrogen-bond acceptors (Lipinski definition) is 4. The van der Waals surface area contributed by atoms with Gasteiger partial charge < -0.3 is 5.32 Å². The van der Waals surface area contributed by atoms with E-state index in [4.69, 9.17) is 0 Å². The van der Waals surface area contributed by atoms with Gasteiger partial charge in [-0.15, -0.1) is 10.2 Å². The van der Waals surface area contributed by atoms with E-state index in [1.807, 2.05) is 34.9 Å². The van der Waals surface area contributed by atoms with Gasteiger partial charge in [0.2, 0.25) is 5.91 Å². The van der Waals surface area contributed by atoms with Crippen LogP contribution >= 0.6 is 11.8 Å². The quantitative estimate of drug-likeness (QED) is 0.509. The zero-order chi connectivity index (χ0) is 18.4. The lowest BCUT2D eigenvalue weighted by Gasteiger charge is -2.10. The molecule has 0 atom stereocenters. The lowest BCUT2D eigenvalue weighted by Crippen LogP contribution is -2.21. The summed E-state index contributed by atoms with van der Waals surface area (Å²) in [4.78, 5) is 10.9. The van der Waals surface area contributed by atoms with Crippen molar-refractivity contribution in [3.63, 3.8) is 0 Å². The Bertz CT molecular complexity index is 865. The second-order valence-corrected chi connectivity index (χ2v) is 6.73. The number of amides is 1. The molecule has 1 N–H and O–H groups in total. The third-order valence-electron chi connectivity index (χ3n) is 3.68. The molecule has 1 aromatic heterocycles. The molecule has 134 valence electrons. The van der Waals surface area contributed by atoms with Gasteiger partial charge in [0.05, 0.1) is 0 Å². The minimum absolute atomic E-state index is 0.0316. The maximum absolute atomic E-state index is 13.3. The summed E-state index contributed by atoms with van der Waals surface area (Å²) < 4.78 is 15.3. The first-order valence-electron chi connectivity index (χ1n) is 8.29. The van der Waals surface area contributed by atoms with Crippen LogP contribution in [0.2, 0.25) is 0 Å². The van der Waals surface area contributed by atoms with E-state index >= 15 is 0 Å². The molecule has 0 aliphatic rings. The van der Waals surface area contributed by atoms with Crippen LogP contribution in [0.5, 0.6) is 0 Å². The van der Waals surface area contributed by atoms with Crippen LogP contribution in [0.15, 0.2) is 59.8 Å². The van der Waals surface area contributed by atoms with Gasteiger partial charge in [0.1, 0.15) is 5.82 Å². The molecule has 1 heterocycles. The fraction of sp³-hybridized carbons (Fsp3) is 0.211. The Balaban J connectivity index is 1.86. The molecular weight excluding hydrogens is 351 g/mol. The number of hydrogen-bond donors (Lipinski definition) is 1. The number of carbonyl (C=O) groups is 1. The van der Waals surface area contributed by atoms with Crippen LogP contribution in [-0.2, 0) is 4.79 Å². The van der Waals surface area contributed by atoms with Crippen molar-refractivity contribution in [1.29, 1.82) is 0 Å². The highest BCUT2D eigenvalue weighted by Gasteiger charge is 2.16. The highest BCUT2D eigenvalue weighted by Crippen LogP contribution is 2.28. The smallest absolute Gasteiger partial charge is 0.216 e. The van der Waals surface area contributed by atoms with Crippen molar-refractivity contribution in [2.45, 2.75) is 18.5 Å². The molecule has 5 nitrogen and oxygen atoms in total. The SMILES string of the molecule is CC(=O)NCCCSc1nnc(-c2ccccc2)n1-c1ccc(F)cc1. The van der Waals surface area contributed by atoms with E-state index in [1.165, 1.54) is 19.1 Å². The van der Waals surface area contributed by atoms with E-state index in [0.717, 1.165) is 28.6 Å². The summed E-state index contributed by atoms with van der Waals surface area (Å²) in [6, 6.07) is 16.0. The maximum atomic E-state index is 13.3. The first-order chi connectivity index (χ1) is 12.6. The topological polar surface area (TPSA) is 59.8 Å². The van der Waals surface area contributed by atoms with Gasteiger partial charge in [-0.2, -0.15) is 0 Å². The fourth-order valence-corrected chi connectivity index (χ4v) is 3.35. The van der Waals surface area contributed by atoms with Crippen molar-refractivity contribution in [3.8, 4) is 17.1 Å². The van der Waals surface area contributed by atoms with Crippen LogP contribution < -0.4 is 5.32 Å². The Hall–Kier alpha value is -2.67. The molecule has 7 heteroatoms. The lowest BCUT2D eigenvalue weighted by molar-refractivity contribution is -0.118. The first kappa shape index (κ1) is 18.1. The molecule has 0 aliphatic carbocycles. The summed E-state index contributed by atoms with van der Waals surface area (Å²) in [6.45, 7) is 2.13. The predicted octanol–water partition coefficient (Wildman–Crippen LogP) is 3.69. The van der Waals surface area contributed by atoms with Crippen LogP contribution in [0.4, 0.5) is 4.39 Å². The van der Waals surface area contributed by atoms with Gasteiger partial charge in [-0.3, -0.25) is 9.36 Å². The lowest BCUT2D eigenvalue weighted by atomic mass is 10.2. The molecule has 0 radical (unpaired) electrons. The van der Waals surface area contributed by atoms with Gasteiger partial charge in [0, 0.05) is 30.5 Å². The van der Waals surface area contributed by atoms with Gasteiger partial charge >= 0.3 is 0 Å². The minimum Gasteiger partial charge on any atom is -0.356 e. The van der Waals surface area contributed by atoms with Crippen molar-refractivity contribution < 1.29 is 9.18 Å².